The number of fused-ring (bicyclic) bond motifs is 5. The first kappa shape index (κ1) is 24.0. The van der Waals surface area contributed by atoms with Crippen molar-refractivity contribution >= 4 is 12.2 Å². The van der Waals surface area contributed by atoms with Crippen molar-refractivity contribution in [3.8, 4) is 0 Å². The number of aliphatic hydroxyl groups excluding tert-OH is 1. The fourth-order valence-corrected chi connectivity index (χ4v) is 8.08. The van der Waals surface area contributed by atoms with Crippen LogP contribution in [0.3, 0.4) is 0 Å². The quantitative estimate of drug-likeness (QED) is 0.294. The van der Waals surface area contributed by atoms with Gasteiger partial charge in [0.15, 0.2) is 0 Å². The number of aliphatic hydroxyl groups is 2. The van der Waals surface area contributed by atoms with E-state index in [-0.39, 0.29) is 22.9 Å². The topological polar surface area (TPSA) is 106 Å². The van der Waals surface area contributed by atoms with E-state index < -0.39 is 5.60 Å². The molecular formula is C25H45N5O2. The Balaban J connectivity index is 1.44. The van der Waals surface area contributed by atoms with Crippen LogP contribution in [0.15, 0.2) is 10.1 Å². The molecule has 0 aromatic carbocycles. The third-order valence-electron chi connectivity index (χ3n) is 10.2. The molecule has 4 aliphatic rings. The Kier molecular flexibility index (Phi) is 6.65. The molecule has 5 N–H and O–H groups in total. The van der Waals surface area contributed by atoms with Gasteiger partial charge in [0, 0.05) is 24.1 Å². The second-order valence-corrected chi connectivity index (χ2v) is 11.9. The fraction of sp³-hybridized carbons (Fsp3) is 0.920. The summed E-state index contributed by atoms with van der Waals surface area (Å²) in [5, 5.41) is 26.9. The minimum Gasteiger partial charge on any atom is -0.393 e. The predicted molar refractivity (Wildman–Crippen MR) is 129 cm³/mol. The van der Waals surface area contributed by atoms with Crippen LogP contribution in [0.4, 0.5) is 0 Å². The van der Waals surface area contributed by atoms with Gasteiger partial charge in [0.1, 0.15) is 0 Å². The van der Waals surface area contributed by atoms with Crippen LogP contribution >= 0.6 is 0 Å². The second-order valence-electron chi connectivity index (χ2n) is 11.9. The summed E-state index contributed by atoms with van der Waals surface area (Å²) in [4.78, 5) is 6.38. The number of rotatable bonds is 5. The number of hydrogen-bond donors (Lipinski definition) is 4. The summed E-state index contributed by atoms with van der Waals surface area (Å²) in [6, 6.07) is 0. The summed E-state index contributed by atoms with van der Waals surface area (Å²) in [5.41, 5.74) is 8.33. The average molecular weight is 448 g/mol. The first-order valence-electron chi connectivity index (χ1n) is 12.7. The molecule has 0 aromatic rings. The van der Waals surface area contributed by atoms with Gasteiger partial charge in [0.2, 0.25) is 5.96 Å². The molecule has 32 heavy (non-hydrogen) atoms. The van der Waals surface area contributed by atoms with Crippen LogP contribution < -0.4 is 11.2 Å². The molecule has 7 nitrogen and oxygen atoms in total. The molecule has 0 spiro atoms. The fourth-order valence-electron chi connectivity index (χ4n) is 8.08. The second kappa shape index (κ2) is 8.88. The average Bonchev–Trinajstić information content (AvgIpc) is 2.99. The van der Waals surface area contributed by atoms with Gasteiger partial charge in [-0.25, -0.2) is 5.43 Å². The molecule has 4 rings (SSSR count). The van der Waals surface area contributed by atoms with E-state index in [9.17, 15) is 10.2 Å². The van der Waals surface area contributed by atoms with Crippen LogP contribution in [0.1, 0.15) is 71.6 Å². The zero-order chi connectivity index (χ0) is 23.1. The van der Waals surface area contributed by atoms with Crippen LogP contribution in [-0.2, 0) is 0 Å². The zero-order valence-corrected chi connectivity index (χ0v) is 20.6. The van der Waals surface area contributed by atoms with Crippen LogP contribution in [-0.4, -0.2) is 66.2 Å². The molecule has 4 fully saturated rings. The minimum absolute atomic E-state index is 0.125. The maximum absolute atomic E-state index is 12.2. The van der Waals surface area contributed by atoms with E-state index in [2.05, 4.69) is 34.3 Å². The molecule has 0 radical (unpaired) electrons. The highest BCUT2D eigenvalue weighted by molar-refractivity contribution is 5.78. The number of nitrogens with one attached hydrogen (secondary N) is 1. The van der Waals surface area contributed by atoms with Crippen LogP contribution in [0.2, 0.25) is 0 Å². The molecule has 182 valence electrons. The van der Waals surface area contributed by atoms with Crippen molar-refractivity contribution < 1.29 is 10.2 Å². The van der Waals surface area contributed by atoms with E-state index in [1.165, 1.54) is 6.42 Å². The summed E-state index contributed by atoms with van der Waals surface area (Å²) < 4.78 is 0. The minimum atomic E-state index is -0.623. The molecule has 0 heterocycles. The zero-order valence-electron chi connectivity index (χ0n) is 20.6. The Bertz CT molecular complexity index is 742. The molecule has 4 aliphatic carbocycles. The molecule has 8 atom stereocenters. The molecule has 4 saturated carbocycles. The Morgan fingerprint density at radius 3 is 2.62 bits per heavy atom. The lowest BCUT2D eigenvalue weighted by molar-refractivity contribution is -0.206. The highest BCUT2D eigenvalue weighted by Gasteiger charge is 2.66. The van der Waals surface area contributed by atoms with E-state index in [4.69, 9.17) is 5.73 Å². The smallest absolute Gasteiger partial charge is 0.209 e. The largest absolute Gasteiger partial charge is 0.393 e. The number of aliphatic imine (C=N–C) groups is 1. The highest BCUT2D eigenvalue weighted by Crippen LogP contribution is 2.68. The number of nitrogens with two attached hydrogens (primary N) is 1. The van der Waals surface area contributed by atoms with E-state index in [1.54, 1.807) is 0 Å². The van der Waals surface area contributed by atoms with Crippen molar-refractivity contribution in [2.45, 2.75) is 83.3 Å². The number of hydrazone groups is 1. The first-order chi connectivity index (χ1) is 15.1. The summed E-state index contributed by atoms with van der Waals surface area (Å²) in [5.74, 6) is 2.13. The molecule has 0 saturated heterocycles. The van der Waals surface area contributed by atoms with Crippen LogP contribution in [0, 0.1) is 34.5 Å². The highest BCUT2D eigenvalue weighted by atomic mass is 16.3. The van der Waals surface area contributed by atoms with E-state index in [1.807, 2.05) is 20.3 Å². The Hall–Kier alpha value is -1.18. The normalized spacial score (nSPS) is 46.7. The molecule has 0 aliphatic heterocycles. The Morgan fingerprint density at radius 2 is 1.88 bits per heavy atom. The standard InChI is InChI=1S/C25H45N5O2/c1-23-10-8-19(31)15-17(23)5-6-21-20(23)9-11-24(2)18(7-12-25(21,24)32)16-28-29-22(26)27-13-14-30(3)4/h16-21,31-32H,5-15H2,1-4H3,(H3,26,27,29)/t17-,18-,19+,20+,21-,23+,24-,25+/m1/s1. The summed E-state index contributed by atoms with van der Waals surface area (Å²) in [6.07, 6.45) is 11.1. The van der Waals surface area contributed by atoms with Gasteiger partial charge in [0.05, 0.1) is 18.2 Å². The van der Waals surface area contributed by atoms with Gasteiger partial charge in [-0.05, 0) is 95.1 Å². The number of nitrogens with zero attached hydrogens (tertiary/aromatic N) is 3. The van der Waals surface area contributed by atoms with Crippen molar-refractivity contribution in [3.63, 3.8) is 0 Å². The summed E-state index contributed by atoms with van der Waals surface area (Å²) in [7, 11) is 4.02. The van der Waals surface area contributed by atoms with Gasteiger partial charge >= 0.3 is 0 Å². The summed E-state index contributed by atoms with van der Waals surface area (Å²) in [6.45, 7) is 6.24. The predicted octanol–water partition coefficient (Wildman–Crippen LogP) is 2.57. The van der Waals surface area contributed by atoms with Crippen molar-refractivity contribution in [2.24, 2.45) is 50.3 Å². The van der Waals surface area contributed by atoms with E-state index in [0.29, 0.717) is 30.3 Å². The van der Waals surface area contributed by atoms with Crippen molar-refractivity contribution in [2.75, 3.05) is 27.2 Å². The van der Waals surface area contributed by atoms with E-state index in [0.717, 1.165) is 57.9 Å². The van der Waals surface area contributed by atoms with Crippen molar-refractivity contribution in [3.05, 3.63) is 0 Å². The maximum Gasteiger partial charge on any atom is 0.209 e. The van der Waals surface area contributed by atoms with Crippen molar-refractivity contribution in [1.82, 2.24) is 10.3 Å². The van der Waals surface area contributed by atoms with Gasteiger partial charge in [0.25, 0.3) is 0 Å². The van der Waals surface area contributed by atoms with Gasteiger partial charge in [-0.3, -0.25) is 4.99 Å². The number of hydrogen-bond acceptors (Lipinski definition) is 5. The Labute approximate surface area is 193 Å². The molecule has 0 amide bonds. The first-order valence-corrected chi connectivity index (χ1v) is 12.7. The lowest BCUT2D eigenvalue weighted by Gasteiger charge is -2.63. The molecular weight excluding hydrogens is 402 g/mol. The number of likely N-dealkylation sites (N-methyl/N-ethyl adjacent to an activating group) is 1. The van der Waals surface area contributed by atoms with E-state index >= 15 is 0 Å². The van der Waals surface area contributed by atoms with Crippen LogP contribution in [0.5, 0.6) is 0 Å². The maximum atomic E-state index is 12.2. The number of guanidine groups is 1. The monoisotopic (exact) mass is 447 g/mol. The van der Waals surface area contributed by atoms with Gasteiger partial charge < -0.3 is 20.8 Å². The van der Waals surface area contributed by atoms with Gasteiger partial charge in [-0.1, -0.05) is 13.8 Å². The SMILES string of the molecule is CN(C)CCN=C(N)NN=C[C@H]1CC[C@]2(O)[C@@H]3CC[C@@H]4C[C@@H](O)CC[C@]4(C)[C@H]3CC[C@]12C. The lowest BCUT2D eigenvalue weighted by atomic mass is 9.43. The third-order valence-corrected chi connectivity index (χ3v) is 10.2. The van der Waals surface area contributed by atoms with Crippen molar-refractivity contribution in [1.29, 1.82) is 0 Å². The van der Waals surface area contributed by atoms with Gasteiger partial charge in [-0.2, -0.15) is 5.10 Å². The molecule has 7 heteroatoms. The van der Waals surface area contributed by atoms with Gasteiger partial charge in [-0.15, -0.1) is 0 Å². The molecule has 0 aromatic heterocycles. The summed E-state index contributed by atoms with van der Waals surface area (Å²) >= 11 is 0. The van der Waals surface area contributed by atoms with Crippen LogP contribution in [0.25, 0.3) is 0 Å². The lowest BCUT2D eigenvalue weighted by Crippen LogP contribution is -2.62. The molecule has 0 unspecified atom stereocenters. The molecule has 0 bridgehead atoms. The Morgan fingerprint density at radius 1 is 1.09 bits per heavy atom. The third kappa shape index (κ3) is 3.98.